The molecule has 2 fully saturated rings. The molecule has 164 valence electrons. The van der Waals surface area contributed by atoms with Crippen LogP contribution in [0.5, 0.6) is 0 Å². The molecule has 1 aromatic carbocycles. The largest absolute Gasteiger partial charge is 0.459 e. The number of hydrogen-bond acceptors (Lipinski definition) is 4. The molecule has 2 N–H and O–H groups in total. The van der Waals surface area contributed by atoms with Gasteiger partial charge >= 0.3 is 0 Å². The van der Waals surface area contributed by atoms with Gasteiger partial charge in [-0.2, -0.15) is 0 Å². The molecule has 5 rings (SSSR count). The quantitative estimate of drug-likeness (QED) is 0.149. The fourth-order valence-corrected chi connectivity index (χ4v) is 5.14. The van der Waals surface area contributed by atoms with Crippen molar-refractivity contribution in [2.45, 2.75) is 19.4 Å². The summed E-state index contributed by atoms with van der Waals surface area (Å²) in [6.45, 7) is 1.60. The number of carbonyl (C=O) groups is 2. The lowest BCUT2D eigenvalue weighted by molar-refractivity contribution is -0.140. The Morgan fingerprint density at radius 1 is 1.13 bits per heavy atom. The maximum Gasteiger partial charge on any atom is 0.233 e. The third kappa shape index (κ3) is 3.97. The Kier molecular flexibility index (Phi) is 6.36. The van der Waals surface area contributed by atoms with E-state index in [1.807, 2.05) is 30.3 Å². The van der Waals surface area contributed by atoms with Gasteiger partial charge in [0, 0.05) is 25.5 Å². The Morgan fingerprint density at radius 2 is 1.84 bits per heavy atom. The van der Waals surface area contributed by atoms with Gasteiger partial charge in [0.15, 0.2) is 5.96 Å². The number of furan rings is 1. The van der Waals surface area contributed by atoms with Crippen molar-refractivity contribution in [3.05, 3.63) is 48.2 Å². The van der Waals surface area contributed by atoms with Gasteiger partial charge in [-0.1, -0.05) is 30.4 Å². The topological polar surface area (TPSA) is 86.9 Å². The van der Waals surface area contributed by atoms with E-state index in [1.165, 1.54) is 4.90 Å². The van der Waals surface area contributed by atoms with Gasteiger partial charge in [-0.05, 0) is 36.8 Å². The van der Waals surface area contributed by atoms with Gasteiger partial charge in [-0.25, -0.2) is 0 Å². The number of amides is 2. The molecule has 0 radical (unpaired) electrons. The molecule has 8 heteroatoms. The number of rotatable bonds is 6. The number of imide groups is 1. The molecule has 2 bridgehead atoms. The van der Waals surface area contributed by atoms with E-state index in [4.69, 9.17) is 4.42 Å². The molecular weight excluding hydrogens is 507 g/mol. The Labute approximate surface area is 198 Å². The summed E-state index contributed by atoms with van der Waals surface area (Å²) in [4.78, 5) is 31.1. The molecule has 1 saturated heterocycles. The summed E-state index contributed by atoms with van der Waals surface area (Å²) in [6, 6.07) is 9.92. The van der Waals surface area contributed by atoms with Crippen molar-refractivity contribution in [3.8, 4) is 0 Å². The lowest BCUT2D eigenvalue weighted by atomic mass is 9.85. The highest BCUT2D eigenvalue weighted by atomic mass is 127. The zero-order chi connectivity index (χ0) is 20.7. The Hall–Kier alpha value is -2.36. The average molecular weight is 534 g/mol. The first-order valence-corrected chi connectivity index (χ1v) is 10.6. The van der Waals surface area contributed by atoms with E-state index in [9.17, 15) is 9.59 Å². The van der Waals surface area contributed by atoms with Crippen molar-refractivity contribution >= 4 is 52.7 Å². The van der Waals surface area contributed by atoms with Crippen molar-refractivity contribution in [2.75, 3.05) is 20.1 Å². The predicted molar refractivity (Wildman–Crippen MR) is 129 cm³/mol. The van der Waals surface area contributed by atoms with Gasteiger partial charge in [0.05, 0.1) is 18.4 Å². The molecule has 2 amide bonds. The summed E-state index contributed by atoms with van der Waals surface area (Å²) in [7, 11) is 1.71. The summed E-state index contributed by atoms with van der Waals surface area (Å²) in [5, 5.41) is 7.55. The van der Waals surface area contributed by atoms with E-state index >= 15 is 0 Å². The fraction of sp³-hybridized carbons (Fsp3) is 0.435. The molecule has 4 unspecified atom stereocenters. The second-order valence-corrected chi connectivity index (χ2v) is 8.28. The lowest BCUT2D eigenvalue weighted by Gasteiger charge is -2.17. The van der Waals surface area contributed by atoms with Crippen molar-refractivity contribution in [3.63, 3.8) is 0 Å². The van der Waals surface area contributed by atoms with E-state index in [0.29, 0.717) is 32.0 Å². The van der Waals surface area contributed by atoms with Gasteiger partial charge in [0.1, 0.15) is 11.3 Å². The van der Waals surface area contributed by atoms with Crippen LogP contribution < -0.4 is 10.6 Å². The number of nitrogens with zero attached hydrogens (tertiary/aromatic N) is 2. The van der Waals surface area contributed by atoms with Crippen LogP contribution in [-0.4, -0.2) is 42.8 Å². The number of likely N-dealkylation sites (tertiary alicyclic amines) is 1. The van der Waals surface area contributed by atoms with Crippen LogP contribution in [0.25, 0.3) is 11.0 Å². The van der Waals surface area contributed by atoms with Gasteiger partial charge in [-0.3, -0.25) is 19.5 Å². The second-order valence-electron chi connectivity index (χ2n) is 8.28. The molecule has 0 spiro atoms. The molecule has 31 heavy (non-hydrogen) atoms. The SMILES string of the molecule is CN=C(NCCCN1C(=O)C2C3C=CC(C3)C2C1=O)NCc1cc2ccccc2o1.I. The van der Waals surface area contributed by atoms with Crippen LogP contribution in [-0.2, 0) is 16.1 Å². The number of hydrogen-bond donors (Lipinski definition) is 2. The standard InChI is InChI=1S/C23H26N4O3.HI/c1-24-23(26-13-17-12-14-5-2-3-6-18(14)30-17)25-9-4-10-27-21(28)19-15-7-8-16(11-15)20(19)22(27)29;/h2-3,5-8,12,15-16,19-20H,4,9-11,13H2,1H3,(H2,24,25,26);1H. The maximum absolute atomic E-state index is 12.7. The number of para-hydroxylation sites is 1. The Bertz CT molecular complexity index is 983. The fourth-order valence-electron chi connectivity index (χ4n) is 5.14. The molecule has 3 aliphatic rings. The van der Waals surface area contributed by atoms with Crippen molar-refractivity contribution < 1.29 is 14.0 Å². The van der Waals surface area contributed by atoms with E-state index in [2.05, 4.69) is 27.8 Å². The van der Waals surface area contributed by atoms with E-state index in [0.717, 1.165) is 23.2 Å². The molecule has 1 aliphatic heterocycles. The first-order chi connectivity index (χ1) is 14.7. The zero-order valence-electron chi connectivity index (χ0n) is 17.4. The van der Waals surface area contributed by atoms with Gasteiger partial charge in [0.2, 0.25) is 11.8 Å². The summed E-state index contributed by atoms with van der Waals surface area (Å²) in [5.74, 6) is 1.85. The van der Waals surface area contributed by atoms with Crippen molar-refractivity contribution in [2.24, 2.45) is 28.7 Å². The third-order valence-corrected chi connectivity index (χ3v) is 6.54. The number of halogens is 1. The van der Waals surface area contributed by atoms with Crippen LogP contribution in [0.3, 0.4) is 0 Å². The molecule has 1 aromatic heterocycles. The summed E-state index contributed by atoms with van der Waals surface area (Å²) < 4.78 is 5.81. The molecule has 4 atom stereocenters. The maximum atomic E-state index is 12.7. The third-order valence-electron chi connectivity index (χ3n) is 6.54. The number of fused-ring (bicyclic) bond motifs is 6. The highest BCUT2D eigenvalue weighted by Gasteiger charge is 2.58. The smallest absolute Gasteiger partial charge is 0.233 e. The van der Waals surface area contributed by atoms with E-state index in [1.54, 1.807) is 7.05 Å². The average Bonchev–Trinajstić information content (AvgIpc) is 3.51. The number of guanidine groups is 1. The minimum Gasteiger partial charge on any atom is -0.459 e. The zero-order valence-corrected chi connectivity index (χ0v) is 19.7. The van der Waals surface area contributed by atoms with Crippen molar-refractivity contribution in [1.82, 2.24) is 15.5 Å². The number of benzene rings is 1. The van der Waals surface area contributed by atoms with Crippen LogP contribution in [0.4, 0.5) is 0 Å². The second kappa shape index (κ2) is 9.02. The predicted octanol–water partition coefficient (Wildman–Crippen LogP) is 2.91. The first kappa shape index (κ1) is 21.9. The molecule has 2 heterocycles. The van der Waals surface area contributed by atoms with E-state index < -0.39 is 0 Å². The summed E-state index contributed by atoms with van der Waals surface area (Å²) in [5.41, 5.74) is 0.866. The van der Waals surface area contributed by atoms with Crippen LogP contribution in [0.15, 0.2) is 51.9 Å². The van der Waals surface area contributed by atoms with Crippen LogP contribution in [0.1, 0.15) is 18.6 Å². The van der Waals surface area contributed by atoms with Gasteiger partial charge in [-0.15, -0.1) is 24.0 Å². The minimum absolute atomic E-state index is 0. The Morgan fingerprint density at radius 3 is 2.52 bits per heavy atom. The number of nitrogens with one attached hydrogen (secondary N) is 2. The van der Waals surface area contributed by atoms with E-state index in [-0.39, 0.29) is 59.5 Å². The highest BCUT2D eigenvalue weighted by Crippen LogP contribution is 2.52. The summed E-state index contributed by atoms with van der Waals surface area (Å²) in [6.07, 6.45) is 5.90. The van der Waals surface area contributed by atoms with Crippen LogP contribution in [0, 0.1) is 23.7 Å². The van der Waals surface area contributed by atoms with Crippen molar-refractivity contribution in [1.29, 1.82) is 0 Å². The highest BCUT2D eigenvalue weighted by molar-refractivity contribution is 14.0. The summed E-state index contributed by atoms with van der Waals surface area (Å²) >= 11 is 0. The molecule has 7 nitrogen and oxygen atoms in total. The lowest BCUT2D eigenvalue weighted by Crippen LogP contribution is -2.39. The number of carbonyl (C=O) groups excluding carboxylic acids is 2. The molecule has 2 aliphatic carbocycles. The van der Waals surface area contributed by atoms with Gasteiger partial charge < -0.3 is 15.1 Å². The Balaban J connectivity index is 0.00000231. The normalized spacial score (nSPS) is 26.5. The van der Waals surface area contributed by atoms with Crippen LogP contribution in [0.2, 0.25) is 0 Å². The minimum atomic E-state index is -0.112. The van der Waals surface area contributed by atoms with Gasteiger partial charge in [0.25, 0.3) is 0 Å². The molecular formula is C23H27IN4O3. The molecule has 1 saturated carbocycles. The molecule has 2 aromatic rings. The number of allylic oxidation sites excluding steroid dienone is 2. The number of aliphatic imine (C=N–C) groups is 1. The first-order valence-electron chi connectivity index (χ1n) is 10.6. The van der Waals surface area contributed by atoms with Crippen LogP contribution >= 0.6 is 24.0 Å². The monoisotopic (exact) mass is 534 g/mol.